The quantitative estimate of drug-likeness (QED) is 0.433. The average Bonchev–Trinajstić information content (AvgIpc) is 2.72. The molecule has 0 aliphatic carbocycles. The third-order valence-electron chi connectivity index (χ3n) is 3.53. The van der Waals surface area contributed by atoms with Gasteiger partial charge in [0.05, 0.1) is 31.1 Å². The first kappa shape index (κ1) is 18.4. The summed E-state index contributed by atoms with van der Waals surface area (Å²) >= 11 is 0. The Labute approximate surface area is 158 Å². The number of nitrogens with zero attached hydrogens (tertiary/aromatic N) is 3. The van der Waals surface area contributed by atoms with E-state index in [1.807, 2.05) is 38.2 Å². The molecule has 1 aliphatic heterocycles. The van der Waals surface area contributed by atoms with Crippen molar-refractivity contribution in [1.29, 1.82) is 0 Å². The van der Waals surface area contributed by atoms with Crippen molar-refractivity contribution in [3.05, 3.63) is 35.7 Å². The fraction of sp³-hybridized carbons (Fsp3) is 0.375. The van der Waals surface area contributed by atoms with Crippen LogP contribution >= 0.6 is 24.0 Å². The molecule has 24 heavy (non-hydrogen) atoms. The molecule has 1 aromatic carbocycles. The first-order valence-corrected chi connectivity index (χ1v) is 7.58. The first-order valence-electron chi connectivity index (χ1n) is 7.58. The second-order valence-electron chi connectivity index (χ2n) is 5.44. The highest BCUT2D eigenvalue weighted by Gasteiger charge is 2.11. The molecule has 2 heterocycles. The molecule has 3 rings (SSSR count). The Kier molecular flexibility index (Phi) is 6.29. The number of nitrogens with one attached hydrogen (secondary N) is 1. The summed E-state index contributed by atoms with van der Waals surface area (Å²) in [6, 6.07) is 7.63. The lowest BCUT2D eigenvalue weighted by Gasteiger charge is -2.10. The minimum atomic E-state index is 0. The number of halogens is 1. The molecule has 0 fully saturated rings. The van der Waals surface area contributed by atoms with Crippen molar-refractivity contribution in [1.82, 2.24) is 9.78 Å². The maximum atomic E-state index is 5.95. The van der Waals surface area contributed by atoms with Crippen molar-refractivity contribution in [2.24, 2.45) is 17.8 Å². The van der Waals surface area contributed by atoms with Gasteiger partial charge in [-0.05, 0) is 25.1 Å². The van der Waals surface area contributed by atoms with Gasteiger partial charge in [-0.25, -0.2) is 4.99 Å². The molecular weight excluding hydrogens is 421 g/mol. The molecule has 0 unspecified atom stereocenters. The number of aromatic nitrogens is 2. The number of guanidine groups is 1. The number of nitrogens with two attached hydrogens (primary N) is 1. The van der Waals surface area contributed by atoms with E-state index in [0.29, 0.717) is 25.7 Å². The first-order chi connectivity index (χ1) is 11.1. The molecule has 1 aromatic heterocycles. The molecule has 0 saturated carbocycles. The maximum absolute atomic E-state index is 5.95. The Morgan fingerprint density at radius 1 is 1.29 bits per heavy atom. The average molecular weight is 443 g/mol. The molecule has 3 N–H and O–H groups in total. The van der Waals surface area contributed by atoms with Gasteiger partial charge in [0.2, 0.25) is 0 Å². The molecule has 0 amide bonds. The second-order valence-corrected chi connectivity index (χ2v) is 5.44. The van der Waals surface area contributed by atoms with Gasteiger partial charge in [-0.2, -0.15) is 5.10 Å². The van der Waals surface area contributed by atoms with Crippen molar-refractivity contribution in [2.75, 3.05) is 18.5 Å². The van der Waals surface area contributed by atoms with Gasteiger partial charge in [-0.3, -0.25) is 4.68 Å². The maximum Gasteiger partial charge on any atom is 0.193 e. The summed E-state index contributed by atoms with van der Waals surface area (Å²) in [5, 5.41) is 7.36. The SMILES string of the molecule is Cc1cc(CN=C(N)Nc2ccc3c(c2)OCCCO3)n(C)n1.I. The van der Waals surface area contributed by atoms with Crippen LogP contribution in [-0.4, -0.2) is 29.0 Å². The molecule has 0 radical (unpaired) electrons. The van der Waals surface area contributed by atoms with Crippen molar-refractivity contribution in [3.63, 3.8) is 0 Å². The van der Waals surface area contributed by atoms with Crippen LogP contribution < -0.4 is 20.5 Å². The van der Waals surface area contributed by atoms with Crippen molar-refractivity contribution in [3.8, 4) is 11.5 Å². The highest BCUT2D eigenvalue weighted by molar-refractivity contribution is 14.0. The van der Waals surface area contributed by atoms with Gasteiger partial charge >= 0.3 is 0 Å². The zero-order valence-corrected chi connectivity index (χ0v) is 16.1. The Bertz CT molecular complexity index is 729. The van der Waals surface area contributed by atoms with Gasteiger partial charge in [0.15, 0.2) is 17.5 Å². The molecule has 8 heteroatoms. The van der Waals surface area contributed by atoms with Crippen LogP contribution in [0.15, 0.2) is 29.3 Å². The van der Waals surface area contributed by atoms with Gasteiger partial charge in [-0.1, -0.05) is 0 Å². The van der Waals surface area contributed by atoms with Crippen molar-refractivity contribution in [2.45, 2.75) is 19.9 Å². The fourth-order valence-electron chi connectivity index (χ4n) is 2.41. The number of aliphatic imine (C=N–C) groups is 1. The van der Waals surface area contributed by atoms with Gasteiger partial charge < -0.3 is 20.5 Å². The normalized spacial score (nSPS) is 13.8. The zero-order chi connectivity index (χ0) is 16.2. The number of fused-ring (bicyclic) bond motifs is 1. The number of anilines is 1. The van der Waals surface area contributed by atoms with E-state index in [9.17, 15) is 0 Å². The smallest absolute Gasteiger partial charge is 0.193 e. The van der Waals surface area contributed by atoms with Crippen LogP contribution in [0.25, 0.3) is 0 Å². The molecule has 0 spiro atoms. The molecule has 0 atom stereocenters. The topological polar surface area (TPSA) is 86.7 Å². The molecule has 130 valence electrons. The van der Waals surface area contributed by atoms with Gasteiger partial charge in [-0.15, -0.1) is 24.0 Å². The van der Waals surface area contributed by atoms with Gasteiger partial charge in [0, 0.05) is 25.2 Å². The summed E-state index contributed by atoms with van der Waals surface area (Å²) in [6.45, 7) is 3.75. The summed E-state index contributed by atoms with van der Waals surface area (Å²) < 4.78 is 13.1. The molecule has 7 nitrogen and oxygen atoms in total. The van der Waals surface area contributed by atoms with E-state index in [1.54, 1.807) is 4.68 Å². The zero-order valence-electron chi connectivity index (χ0n) is 13.8. The molecule has 2 aromatic rings. The van der Waals surface area contributed by atoms with Crippen LogP contribution in [0.3, 0.4) is 0 Å². The van der Waals surface area contributed by atoms with Crippen LogP contribution in [0.2, 0.25) is 0 Å². The van der Waals surface area contributed by atoms with Crippen LogP contribution in [0.5, 0.6) is 11.5 Å². The number of ether oxygens (including phenoxy) is 2. The largest absolute Gasteiger partial charge is 0.490 e. The van der Waals surface area contributed by atoms with E-state index in [1.165, 1.54) is 0 Å². The van der Waals surface area contributed by atoms with Crippen molar-refractivity contribution < 1.29 is 9.47 Å². The molecule has 0 bridgehead atoms. The van der Waals surface area contributed by atoms with E-state index >= 15 is 0 Å². The van der Waals surface area contributed by atoms with E-state index in [4.69, 9.17) is 15.2 Å². The Balaban J connectivity index is 0.00000208. The number of aryl methyl sites for hydroxylation is 2. The molecule has 0 saturated heterocycles. The third-order valence-corrected chi connectivity index (χ3v) is 3.53. The number of rotatable bonds is 3. The summed E-state index contributed by atoms with van der Waals surface area (Å²) in [6.07, 6.45) is 0.880. The summed E-state index contributed by atoms with van der Waals surface area (Å²) in [5.74, 6) is 1.83. The molecular formula is C16H22IN5O2. The summed E-state index contributed by atoms with van der Waals surface area (Å²) in [4.78, 5) is 4.34. The number of hydrogen-bond donors (Lipinski definition) is 2. The van der Waals surface area contributed by atoms with E-state index < -0.39 is 0 Å². The van der Waals surface area contributed by atoms with Crippen LogP contribution in [0, 0.1) is 6.92 Å². The van der Waals surface area contributed by atoms with Gasteiger partial charge in [0.25, 0.3) is 0 Å². The Morgan fingerprint density at radius 3 is 2.75 bits per heavy atom. The third kappa shape index (κ3) is 4.53. The second kappa shape index (κ2) is 8.22. The lowest BCUT2D eigenvalue weighted by atomic mass is 10.3. The predicted molar refractivity (Wildman–Crippen MR) is 104 cm³/mol. The minimum Gasteiger partial charge on any atom is -0.490 e. The Morgan fingerprint density at radius 2 is 2.04 bits per heavy atom. The van der Waals surface area contributed by atoms with E-state index in [2.05, 4.69) is 15.4 Å². The standard InChI is InChI=1S/C16H21N5O2.HI/c1-11-8-13(21(2)20-11)10-18-16(17)19-12-4-5-14-15(9-12)23-7-3-6-22-14;/h4-5,8-9H,3,6-7,10H2,1-2H3,(H3,17,18,19);1H. The molecule has 1 aliphatic rings. The van der Waals surface area contributed by atoms with Crippen LogP contribution in [0.1, 0.15) is 17.8 Å². The predicted octanol–water partition coefficient (Wildman–Crippen LogP) is 2.43. The number of hydrogen-bond acceptors (Lipinski definition) is 4. The lowest BCUT2D eigenvalue weighted by molar-refractivity contribution is 0.297. The summed E-state index contributed by atoms with van der Waals surface area (Å²) in [5.41, 5.74) is 8.74. The summed E-state index contributed by atoms with van der Waals surface area (Å²) in [7, 11) is 1.89. The Hall–Kier alpha value is -1.97. The van der Waals surface area contributed by atoms with Crippen LogP contribution in [0.4, 0.5) is 5.69 Å². The monoisotopic (exact) mass is 443 g/mol. The van der Waals surface area contributed by atoms with Gasteiger partial charge in [0.1, 0.15) is 0 Å². The number of benzene rings is 1. The highest BCUT2D eigenvalue weighted by atomic mass is 127. The minimum absolute atomic E-state index is 0. The van der Waals surface area contributed by atoms with E-state index in [0.717, 1.165) is 35.0 Å². The van der Waals surface area contributed by atoms with Crippen LogP contribution in [-0.2, 0) is 13.6 Å². The highest BCUT2D eigenvalue weighted by Crippen LogP contribution is 2.32. The lowest BCUT2D eigenvalue weighted by Crippen LogP contribution is -2.22. The fourth-order valence-corrected chi connectivity index (χ4v) is 2.41. The van der Waals surface area contributed by atoms with E-state index in [-0.39, 0.29) is 24.0 Å². The van der Waals surface area contributed by atoms with Crippen molar-refractivity contribution >= 4 is 35.6 Å².